The van der Waals surface area contributed by atoms with E-state index in [1.807, 2.05) is 12.1 Å². The molecule has 0 aliphatic rings. The molecule has 0 spiro atoms. The molecular formula is C14H23BrN2. The summed E-state index contributed by atoms with van der Waals surface area (Å²) in [6, 6.07) is 8.64. The van der Waals surface area contributed by atoms with Gasteiger partial charge in [-0.25, -0.2) is 0 Å². The Morgan fingerprint density at radius 1 is 1.29 bits per heavy atom. The van der Waals surface area contributed by atoms with Crippen LogP contribution >= 0.6 is 15.9 Å². The van der Waals surface area contributed by atoms with Gasteiger partial charge < -0.3 is 11.1 Å². The summed E-state index contributed by atoms with van der Waals surface area (Å²) in [6.45, 7) is 2.93. The van der Waals surface area contributed by atoms with Gasteiger partial charge in [0.1, 0.15) is 0 Å². The number of rotatable bonds is 8. The molecule has 0 saturated carbocycles. The SMILES string of the molecule is CCCCCCC(CN)Nc1cccc(Br)c1. The molecule has 0 aromatic heterocycles. The first-order valence-electron chi connectivity index (χ1n) is 6.48. The van der Waals surface area contributed by atoms with Crippen molar-refractivity contribution >= 4 is 21.6 Å². The molecule has 3 N–H and O–H groups in total. The van der Waals surface area contributed by atoms with E-state index in [1.165, 1.54) is 25.7 Å². The number of hydrogen-bond acceptors (Lipinski definition) is 2. The van der Waals surface area contributed by atoms with Crippen LogP contribution in [-0.2, 0) is 0 Å². The zero-order valence-corrected chi connectivity index (χ0v) is 12.2. The predicted molar refractivity (Wildman–Crippen MR) is 79.4 cm³/mol. The van der Waals surface area contributed by atoms with Crippen LogP contribution in [0.2, 0.25) is 0 Å². The van der Waals surface area contributed by atoms with Crippen molar-refractivity contribution in [1.82, 2.24) is 0 Å². The zero-order valence-electron chi connectivity index (χ0n) is 10.6. The Balaban J connectivity index is 2.35. The van der Waals surface area contributed by atoms with Crippen molar-refractivity contribution in [3.05, 3.63) is 28.7 Å². The average Bonchev–Trinajstić information content (AvgIpc) is 2.33. The number of halogens is 1. The minimum absolute atomic E-state index is 0.390. The Morgan fingerprint density at radius 2 is 2.12 bits per heavy atom. The van der Waals surface area contributed by atoms with Crippen molar-refractivity contribution in [1.29, 1.82) is 0 Å². The van der Waals surface area contributed by atoms with E-state index in [0.717, 1.165) is 16.6 Å². The molecule has 2 nitrogen and oxygen atoms in total. The van der Waals surface area contributed by atoms with Crippen LogP contribution in [0.5, 0.6) is 0 Å². The molecule has 0 bridgehead atoms. The molecule has 0 amide bonds. The first-order chi connectivity index (χ1) is 8.26. The lowest BCUT2D eigenvalue weighted by molar-refractivity contribution is 0.575. The highest BCUT2D eigenvalue weighted by molar-refractivity contribution is 9.10. The normalized spacial score (nSPS) is 12.4. The Morgan fingerprint density at radius 3 is 2.76 bits per heavy atom. The van der Waals surface area contributed by atoms with Gasteiger partial charge in [-0.2, -0.15) is 0 Å². The van der Waals surface area contributed by atoms with Crippen LogP contribution in [0, 0.1) is 0 Å². The summed E-state index contributed by atoms with van der Waals surface area (Å²) in [4.78, 5) is 0. The Labute approximate surface area is 113 Å². The quantitative estimate of drug-likeness (QED) is 0.707. The number of nitrogens with two attached hydrogens (primary N) is 1. The molecule has 1 rings (SSSR count). The van der Waals surface area contributed by atoms with E-state index >= 15 is 0 Å². The lowest BCUT2D eigenvalue weighted by atomic mass is 10.1. The Hall–Kier alpha value is -0.540. The summed E-state index contributed by atoms with van der Waals surface area (Å²) in [5.41, 5.74) is 6.94. The van der Waals surface area contributed by atoms with E-state index in [1.54, 1.807) is 0 Å². The van der Waals surface area contributed by atoms with E-state index in [-0.39, 0.29) is 0 Å². The number of unbranched alkanes of at least 4 members (excludes halogenated alkanes) is 3. The highest BCUT2D eigenvalue weighted by atomic mass is 79.9. The van der Waals surface area contributed by atoms with Crippen LogP contribution in [0.15, 0.2) is 28.7 Å². The summed E-state index contributed by atoms with van der Waals surface area (Å²) < 4.78 is 1.10. The second-order valence-electron chi connectivity index (χ2n) is 4.44. The van der Waals surface area contributed by atoms with Crippen molar-refractivity contribution in [3.8, 4) is 0 Å². The van der Waals surface area contributed by atoms with Gasteiger partial charge in [-0.3, -0.25) is 0 Å². The first kappa shape index (κ1) is 14.5. The topological polar surface area (TPSA) is 38.0 Å². The van der Waals surface area contributed by atoms with Gasteiger partial charge in [0.15, 0.2) is 0 Å². The van der Waals surface area contributed by atoms with Gasteiger partial charge in [-0.05, 0) is 24.6 Å². The summed E-state index contributed by atoms with van der Waals surface area (Å²) in [7, 11) is 0. The third-order valence-corrected chi connectivity index (χ3v) is 3.38. The fourth-order valence-electron chi connectivity index (χ4n) is 1.88. The number of benzene rings is 1. The van der Waals surface area contributed by atoms with Gasteiger partial charge in [0.2, 0.25) is 0 Å². The smallest absolute Gasteiger partial charge is 0.0383 e. The van der Waals surface area contributed by atoms with Gasteiger partial charge in [0.25, 0.3) is 0 Å². The average molecular weight is 299 g/mol. The molecule has 1 atom stereocenters. The molecular weight excluding hydrogens is 276 g/mol. The highest BCUT2D eigenvalue weighted by Crippen LogP contribution is 2.17. The zero-order chi connectivity index (χ0) is 12.5. The largest absolute Gasteiger partial charge is 0.381 e. The third-order valence-electron chi connectivity index (χ3n) is 2.89. The van der Waals surface area contributed by atoms with Crippen molar-refractivity contribution in [2.24, 2.45) is 5.73 Å². The third kappa shape index (κ3) is 6.08. The van der Waals surface area contributed by atoms with Crippen molar-refractivity contribution in [2.45, 2.75) is 45.1 Å². The van der Waals surface area contributed by atoms with Gasteiger partial charge in [-0.15, -0.1) is 0 Å². The summed E-state index contributed by atoms with van der Waals surface area (Å²) in [5.74, 6) is 0. The molecule has 0 radical (unpaired) electrons. The maximum atomic E-state index is 5.80. The van der Waals surface area contributed by atoms with E-state index in [4.69, 9.17) is 5.73 Å². The van der Waals surface area contributed by atoms with Gasteiger partial charge in [0.05, 0.1) is 0 Å². The Bertz CT molecular complexity index is 315. The van der Waals surface area contributed by atoms with E-state index < -0.39 is 0 Å². The summed E-state index contributed by atoms with van der Waals surface area (Å²) >= 11 is 3.48. The second-order valence-corrected chi connectivity index (χ2v) is 5.35. The summed E-state index contributed by atoms with van der Waals surface area (Å²) in [6.07, 6.45) is 6.34. The van der Waals surface area contributed by atoms with Crippen LogP contribution in [0.4, 0.5) is 5.69 Å². The number of anilines is 1. The van der Waals surface area contributed by atoms with Crippen molar-refractivity contribution in [2.75, 3.05) is 11.9 Å². The fourth-order valence-corrected chi connectivity index (χ4v) is 2.28. The van der Waals surface area contributed by atoms with Gasteiger partial charge in [0, 0.05) is 22.7 Å². The van der Waals surface area contributed by atoms with E-state index in [0.29, 0.717) is 12.6 Å². The number of nitrogens with one attached hydrogen (secondary N) is 1. The Kier molecular flexibility index (Phi) is 7.29. The van der Waals surface area contributed by atoms with Crippen molar-refractivity contribution < 1.29 is 0 Å². The molecule has 0 heterocycles. The standard InChI is InChI=1S/C14H23BrN2/c1-2-3-4-5-8-14(11-16)17-13-9-6-7-12(15)10-13/h6-7,9-10,14,17H,2-5,8,11,16H2,1H3. The van der Waals surface area contributed by atoms with E-state index in [9.17, 15) is 0 Å². The maximum Gasteiger partial charge on any atom is 0.0383 e. The molecule has 0 saturated heterocycles. The van der Waals surface area contributed by atoms with Crippen LogP contribution in [0.3, 0.4) is 0 Å². The lowest BCUT2D eigenvalue weighted by Gasteiger charge is -2.18. The highest BCUT2D eigenvalue weighted by Gasteiger charge is 2.06. The van der Waals surface area contributed by atoms with Crippen molar-refractivity contribution in [3.63, 3.8) is 0 Å². The van der Waals surface area contributed by atoms with Crippen LogP contribution in [0.1, 0.15) is 39.0 Å². The fraction of sp³-hybridized carbons (Fsp3) is 0.571. The molecule has 3 heteroatoms. The molecule has 96 valence electrons. The molecule has 1 aromatic rings. The molecule has 0 aliphatic carbocycles. The van der Waals surface area contributed by atoms with Crippen LogP contribution < -0.4 is 11.1 Å². The molecule has 1 aromatic carbocycles. The van der Waals surface area contributed by atoms with Crippen LogP contribution in [0.25, 0.3) is 0 Å². The molecule has 17 heavy (non-hydrogen) atoms. The second kappa shape index (κ2) is 8.54. The van der Waals surface area contributed by atoms with Gasteiger partial charge in [-0.1, -0.05) is 54.6 Å². The van der Waals surface area contributed by atoms with Crippen LogP contribution in [-0.4, -0.2) is 12.6 Å². The number of hydrogen-bond donors (Lipinski definition) is 2. The molecule has 0 aliphatic heterocycles. The molecule has 0 fully saturated rings. The molecule has 1 unspecified atom stereocenters. The summed E-state index contributed by atoms with van der Waals surface area (Å²) in [5, 5.41) is 3.49. The first-order valence-corrected chi connectivity index (χ1v) is 7.27. The minimum Gasteiger partial charge on any atom is -0.381 e. The predicted octanol–water partition coefficient (Wildman–Crippen LogP) is 4.16. The van der Waals surface area contributed by atoms with E-state index in [2.05, 4.69) is 40.3 Å². The lowest BCUT2D eigenvalue weighted by Crippen LogP contribution is -2.28. The monoisotopic (exact) mass is 298 g/mol. The minimum atomic E-state index is 0.390. The van der Waals surface area contributed by atoms with Gasteiger partial charge >= 0.3 is 0 Å². The maximum absolute atomic E-state index is 5.80.